The van der Waals surface area contributed by atoms with Gasteiger partial charge in [0, 0.05) is 0 Å². The lowest BCUT2D eigenvalue weighted by molar-refractivity contribution is -0.120. The monoisotopic (exact) mass is 410 g/mol. The van der Waals surface area contributed by atoms with E-state index < -0.39 is 15.9 Å². The number of benzene rings is 2. The quantitative estimate of drug-likeness (QED) is 0.723. The molecule has 0 unspecified atom stereocenters. The molecular formula is C19H23ClN2O4S. The van der Waals surface area contributed by atoms with Crippen LogP contribution in [0.25, 0.3) is 0 Å². The third-order valence-electron chi connectivity index (χ3n) is 4.07. The molecule has 6 nitrogen and oxygen atoms in total. The lowest BCUT2D eigenvalue weighted by Gasteiger charge is -2.24. The normalized spacial score (nSPS) is 12.3. The van der Waals surface area contributed by atoms with Gasteiger partial charge in [0.1, 0.15) is 12.3 Å². The summed E-state index contributed by atoms with van der Waals surface area (Å²) in [6, 6.07) is 13.7. The van der Waals surface area contributed by atoms with Crippen molar-refractivity contribution in [2.45, 2.75) is 19.4 Å². The van der Waals surface area contributed by atoms with E-state index >= 15 is 0 Å². The SMILES string of the molecule is CC[C@H](NC(=O)CN(c1ccccc1Cl)S(C)(=O)=O)c1ccc(OC)cc1. The number of anilines is 1. The number of sulfonamides is 1. The number of carbonyl (C=O) groups is 1. The molecular weight excluding hydrogens is 388 g/mol. The highest BCUT2D eigenvalue weighted by molar-refractivity contribution is 7.92. The summed E-state index contributed by atoms with van der Waals surface area (Å²) in [6.45, 7) is 1.59. The fourth-order valence-corrected chi connectivity index (χ4v) is 3.82. The Bertz CT molecular complexity index is 885. The zero-order valence-corrected chi connectivity index (χ0v) is 17.0. The summed E-state index contributed by atoms with van der Waals surface area (Å²) in [6.07, 6.45) is 1.70. The highest BCUT2D eigenvalue weighted by Crippen LogP contribution is 2.27. The molecule has 0 spiro atoms. The molecule has 0 saturated carbocycles. The third kappa shape index (κ3) is 5.61. The third-order valence-corrected chi connectivity index (χ3v) is 5.52. The van der Waals surface area contributed by atoms with Crippen LogP contribution in [0, 0.1) is 0 Å². The second-order valence-electron chi connectivity index (χ2n) is 6.02. The predicted molar refractivity (Wildman–Crippen MR) is 108 cm³/mol. The Morgan fingerprint density at radius 2 is 1.81 bits per heavy atom. The van der Waals surface area contributed by atoms with E-state index in [-0.39, 0.29) is 23.3 Å². The standard InChI is InChI=1S/C19H23ClN2O4S/c1-4-17(14-9-11-15(26-2)12-10-14)21-19(23)13-22(27(3,24)25)18-8-6-5-7-16(18)20/h5-12,17H,4,13H2,1-3H3,(H,21,23)/t17-/m0/s1. The molecule has 146 valence electrons. The largest absolute Gasteiger partial charge is 0.497 e. The average Bonchev–Trinajstić information content (AvgIpc) is 2.64. The lowest BCUT2D eigenvalue weighted by atomic mass is 10.0. The molecule has 0 heterocycles. The number of ether oxygens (including phenoxy) is 1. The Kier molecular flexibility index (Phi) is 7.10. The van der Waals surface area contributed by atoms with Crippen molar-refractivity contribution in [1.29, 1.82) is 0 Å². The van der Waals surface area contributed by atoms with Gasteiger partial charge in [-0.05, 0) is 36.2 Å². The lowest BCUT2D eigenvalue weighted by Crippen LogP contribution is -2.41. The summed E-state index contributed by atoms with van der Waals surface area (Å²) < 4.78 is 30.5. The zero-order valence-electron chi connectivity index (χ0n) is 15.5. The molecule has 0 radical (unpaired) electrons. The summed E-state index contributed by atoms with van der Waals surface area (Å²) in [5.41, 5.74) is 1.18. The Morgan fingerprint density at radius 3 is 2.33 bits per heavy atom. The van der Waals surface area contributed by atoms with Crippen molar-refractivity contribution in [2.24, 2.45) is 0 Å². The van der Waals surface area contributed by atoms with Gasteiger partial charge in [-0.1, -0.05) is 42.8 Å². The van der Waals surface area contributed by atoms with Crippen molar-refractivity contribution >= 4 is 33.2 Å². The van der Waals surface area contributed by atoms with E-state index in [1.54, 1.807) is 31.4 Å². The molecule has 1 N–H and O–H groups in total. The van der Waals surface area contributed by atoms with Crippen molar-refractivity contribution in [3.8, 4) is 5.75 Å². The van der Waals surface area contributed by atoms with Gasteiger partial charge in [-0.25, -0.2) is 8.42 Å². The van der Waals surface area contributed by atoms with Crippen molar-refractivity contribution in [2.75, 3.05) is 24.2 Å². The average molecular weight is 411 g/mol. The van der Waals surface area contributed by atoms with Crippen molar-refractivity contribution in [3.05, 3.63) is 59.1 Å². The van der Waals surface area contributed by atoms with E-state index in [2.05, 4.69) is 5.32 Å². The van der Waals surface area contributed by atoms with Crippen LogP contribution in [-0.4, -0.2) is 34.2 Å². The van der Waals surface area contributed by atoms with Crippen molar-refractivity contribution in [3.63, 3.8) is 0 Å². The summed E-state index contributed by atoms with van der Waals surface area (Å²) in [7, 11) is -2.09. The van der Waals surface area contributed by atoms with Crippen LogP contribution < -0.4 is 14.4 Å². The number of nitrogens with zero attached hydrogens (tertiary/aromatic N) is 1. The molecule has 0 aliphatic rings. The van der Waals surface area contributed by atoms with Crippen molar-refractivity contribution in [1.82, 2.24) is 5.32 Å². The molecule has 2 rings (SSSR count). The molecule has 1 atom stereocenters. The number of rotatable bonds is 8. The first-order valence-corrected chi connectivity index (χ1v) is 10.6. The van der Waals surface area contributed by atoms with Crippen molar-refractivity contribution < 1.29 is 17.9 Å². The number of halogens is 1. The van der Waals surface area contributed by atoms with Crippen LogP contribution >= 0.6 is 11.6 Å². The molecule has 27 heavy (non-hydrogen) atoms. The van der Waals surface area contributed by atoms with Crippen LogP contribution in [0.5, 0.6) is 5.75 Å². The van der Waals surface area contributed by atoms with Crippen LogP contribution in [-0.2, 0) is 14.8 Å². The molecule has 0 fully saturated rings. The molecule has 0 aliphatic carbocycles. The number of hydrogen-bond donors (Lipinski definition) is 1. The van der Waals surface area contributed by atoms with Crippen LogP contribution in [0.1, 0.15) is 24.9 Å². The van der Waals surface area contributed by atoms with Crippen LogP contribution in [0.2, 0.25) is 5.02 Å². The molecule has 0 saturated heterocycles. The molecule has 2 aromatic rings. The number of methoxy groups -OCH3 is 1. The summed E-state index contributed by atoms with van der Waals surface area (Å²) in [5, 5.41) is 3.15. The highest BCUT2D eigenvalue weighted by Gasteiger charge is 2.24. The minimum Gasteiger partial charge on any atom is -0.497 e. The summed E-state index contributed by atoms with van der Waals surface area (Å²) in [5.74, 6) is 0.310. The number of hydrogen-bond acceptors (Lipinski definition) is 4. The molecule has 2 aromatic carbocycles. The molecule has 0 bridgehead atoms. The highest BCUT2D eigenvalue weighted by atomic mass is 35.5. The Balaban J connectivity index is 2.18. The first-order chi connectivity index (χ1) is 12.8. The maximum atomic E-state index is 12.6. The first-order valence-electron chi connectivity index (χ1n) is 8.41. The van der Waals surface area contributed by atoms with E-state index in [0.29, 0.717) is 6.42 Å². The van der Waals surface area contributed by atoms with Gasteiger partial charge in [0.05, 0.1) is 30.1 Å². The van der Waals surface area contributed by atoms with Crippen LogP contribution in [0.4, 0.5) is 5.69 Å². The van der Waals surface area contributed by atoms with Gasteiger partial charge in [0.25, 0.3) is 0 Å². The first kappa shape index (κ1) is 21.1. The second-order valence-corrected chi connectivity index (χ2v) is 8.34. The summed E-state index contributed by atoms with van der Waals surface area (Å²) in [4.78, 5) is 12.6. The van der Waals surface area contributed by atoms with Gasteiger partial charge in [-0.2, -0.15) is 0 Å². The number of carbonyl (C=O) groups excluding carboxylic acids is 1. The van der Waals surface area contributed by atoms with Crippen LogP contribution in [0.3, 0.4) is 0 Å². The zero-order chi connectivity index (χ0) is 20.0. The fraction of sp³-hybridized carbons (Fsp3) is 0.316. The molecule has 0 aromatic heterocycles. The molecule has 8 heteroatoms. The smallest absolute Gasteiger partial charge is 0.241 e. The van der Waals surface area contributed by atoms with E-state index in [1.165, 1.54) is 0 Å². The minimum atomic E-state index is -3.68. The van der Waals surface area contributed by atoms with Gasteiger partial charge >= 0.3 is 0 Å². The van der Waals surface area contributed by atoms with E-state index in [4.69, 9.17) is 16.3 Å². The van der Waals surface area contributed by atoms with Gasteiger partial charge in [0.2, 0.25) is 15.9 Å². The Hall–Kier alpha value is -2.25. The van der Waals surface area contributed by atoms with Gasteiger partial charge < -0.3 is 10.1 Å². The molecule has 1 amide bonds. The maximum Gasteiger partial charge on any atom is 0.241 e. The fourth-order valence-electron chi connectivity index (χ4n) is 2.66. The number of nitrogens with one attached hydrogen (secondary N) is 1. The Labute approximate surface area is 165 Å². The predicted octanol–water partition coefficient (Wildman–Crippen LogP) is 3.38. The van der Waals surface area contributed by atoms with E-state index in [0.717, 1.165) is 21.9 Å². The van der Waals surface area contributed by atoms with E-state index in [1.807, 2.05) is 31.2 Å². The van der Waals surface area contributed by atoms with Gasteiger partial charge in [0.15, 0.2) is 0 Å². The van der Waals surface area contributed by atoms with Gasteiger partial charge in [-0.3, -0.25) is 9.10 Å². The number of amides is 1. The van der Waals surface area contributed by atoms with Gasteiger partial charge in [-0.15, -0.1) is 0 Å². The summed E-state index contributed by atoms with van der Waals surface area (Å²) >= 11 is 6.12. The minimum absolute atomic E-state index is 0.240. The maximum absolute atomic E-state index is 12.6. The van der Waals surface area contributed by atoms with E-state index in [9.17, 15) is 13.2 Å². The molecule has 0 aliphatic heterocycles. The van der Waals surface area contributed by atoms with Crippen LogP contribution in [0.15, 0.2) is 48.5 Å². The Morgan fingerprint density at radius 1 is 1.19 bits per heavy atom. The topological polar surface area (TPSA) is 75.7 Å². The number of para-hydroxylation sites is 1. The second kappa shape index (κ2) is 9.10.